The number of hydrogen-bond acceptors (Lipinski definition) is 2. The Kier molecular flexibility index (Phi) is 3.25. The lowest BCUT2D eigenvalue weighted by Gasteiger charge is -2.20. The van der Waals surface area contributed by atoms with Gasteiger partial charge >= 0.3 is 5.97 Å². The SMILES string of the molecule is CC(C)N1CCC(C(F)C(=O)O)C1. The predicted octanol–water partition coefficient (Wildman–Crippen LogP) is 1.14. The maximum absolute atomic E-state index is 13.0. The van der Waals surface area contributed by atoms with Gasteiger partial charge in [0, 0.05) is 18.5 Å². The number of nitrogens with zero attached hydrogens (tertiary/aromatic N) is 1. The number of alkyl halides is 1. The van der Waals surface area contributed by atoms with Gasteiger partial charge in [-0.1, -0.05) is 0 Å². The van der Waals surface area contributed by atoms with Crippen LogP contribution in [0.15, 0.2) is 0 Å². The third-order valence-corrected chi connectivity index (χ3v) is 2.64. The van der Waals surface area contributed by atoms with Crippen molar-refractivity contribution in [2.75, 3.05) is 13.1 Å². The van der Waals surface area contributed by atoms with E-state index in [9.17, 15) is 9.18 Å². The van der Waals surface area contributed by atoms with Crippen LogP contribution in [0.5, 0.6) is 0 Å². The first-order chi connectivity index (χ1) is 6.02. The van der Waals surface area contributed by atoms with Crippen LogP contribution in [0.3, 0.4) is 0 Å². The van der Waals surface area contributed by atoms with E-state index in [1.165, 1.54) is 0 Å². The number of carbonyl (C=O) groups is 1. The van der Waals surface area contributed by atoms with Crippen LogP contribution in [0, 0.1) is 5.92 Å². The Labute approximate surface area is 77.5 Å². The van der Waals surface area contributed by atoms with Crippen LogP contribution in [0.4, 0.5) is 4.39 Å². The molecule has 1 rings (SSSR count). The fourth-order valence-corrected chi connectivity index (χ4v) is 1.72. The van der Waals surface area contributed by atoms with E-state index >= 15 is 0 Å². The second-order valence-electron chi connectivity index (χ2n) is 3.88. The van der Waals surface area contributed by atoms with Crippen molar-refractivity contribution in [1.29, 1.82) is 0 Å². The molecule has 0 amide bonds. The molecule has 3 nitrogen and oxygen atoms in total. The maximum Gasteiger partial charge on any atom is 0.338 e. The van der Waals surface area contributed by atoms with Crippen LogP contribution in [-0.2, 0) is 4.79 Å². The molecule has 76 valence electrons. The summed E-state index contributed by atoms with van der Waals surface area (Å²) in [6.07, 6.45) is -1.03. The molecule has 1 heterocycles. The average molecular weight is 189 g/mol. The minimum Gasteiger partial charge on any atom is -0.479 e. The largest absolute Gasteiger partial charge is 0.479 e. The lowest BCUT2D eigenvalue weighted by atomic mass is 10.0. The van der Waals surface area contributed by atoms with Gasteiger partial charge in [-0.15, -0.1) is 0 Å². The van der Waals surface area contributed by atoms with E-state index < -0.39 is 12.1 Å². The predicted molar refractivity (Wildman–Crippen MR) is 47.3 cm³/mol. The van der Waals surface area contributed by atoms with Gasteiger partial charge in [0.05, 0.1) is 0 Å². The first-order valence-electron chi connectivity index (χ1n) is 4.63. The van der Waals surface area contributed by atoms with Crippen molar-refractivity contribution in [2.45, 2.75) is 32.5 Å². The molecular weight excluding hydrogens is 173 g/mol. The molecule has 0 spiro atoms. The molecule has 2 unspecified atom stereocenters. The molecular formula is C9H16FNO2. The van der Waals surface area contributed by atoms with Crippen LogP contribution in [0.25, 0.3) is 0 Å². The van der Waals surface area contributed by atoms with Crippen LogP contribution >= 0.6 is 0 Å². The minimum absolute atomic E-state index is 0.320. The van der Waals surface area contributed by atoms with Gasteiger partial charge in [0.15, 0.2) is 0 Å². The number of hydrogen-bond donors (Lipinski definition) is 1. The van der Waals surface area contributed by atoms with Gasteiger partial charge < -0.3 is 10.0 Å². The lowest BCUT2D eigenvalue weighted by Crippen LogP contribution is -2.32. The zero-order valence-corrected chi connectivity index (χ0v) is 8.03. The highest BCUT2D eigenvalue weighted by molar-refractivity contribution is 5.72. The first-order valence-corrected chi connectivity index (χ1v) is 4.63. The van der Waals surface area contributed by atoms with E-state index in [2.05, 4.69) is 4.90 Å². The number of aliphatic carboxylic acids is 1. The Hall–Kier alpha value is -0.640. The molecule has 0 aromatic rings. The van der Waals surface area contributed by atoms with Crippen LogP contribution in [0.2, 0.25) is 0 Å². The molecule has 1 saturated heterocycles. The Morgan fingerprint density at radius 3 is 2.62 bits per heavy atom. The van der Waals surface area contributed by atoms with E-state index in [4.69, 9.17) is 5.11 Å². The lowest BCUT2D eigenvalue weighted by molar-refractivity contribution is -0.144. The number of rotatable bonds is 3. The van der Waals surface area contributed by atoms with E-state index in [-0.39, 0.29) is 5.92 Å². The summed E-state index contributed by atoms with van der Waals surface area (Å²) < 4.78 is 13.0. The standard InChI is InChI=1S/C9H16FNO2/c1-6(2)11-4-3-7(5-11)8(10)9(12)13/h6-8H,3-5H2,1-2H3,(H,12,13). The van der Waals surface area contributed by atoms with Gasteiger partial charge in [0.25, 0.3) is 0 Å². The normalized spacial score (nSPS) is 26.6. The smallest absolute Gasteiger partial charge is 0.338 e. The molecule has 0 bridgehead atoms. The summed E-state index contributed by atoms with van der Waals surface area (Å²) in [4.78, 5) is 12.5. The van der Waals surface area contributed by atoms with Gasteiger partial charge in [-0.3, -0.25) is 0 Å². The van der Waals surface area contributed by atoms with Gasteiger partial charge in [-0.2, -0.15) is 0 Å². The summed E-state index contributed by atoms with van der Waals surface area (Å²) in [7, 11) is 0. The molecule has 1 aliphatic heterocycles. The fourth-order valence-electron chi connectivity index (χ4n) is 1.72. The number of carboxylic acids is 1. The molecule has 1 N–H and O–H groups in total. The molecule has 1 fully saturated rings. The highest BCUT2D eigenvalue weighted by atomic mass is 19.1. The van der Waals surface area contributed by atoms with E-state index in [0.29, 0.717) is 19.0 Å². The topological polar surface area (TPSA) is 40.5 Å². The highest BCUT2D eigenvalue weighted by Crippen LogP contribution is 2.23. The number of halogens is 1. The molecule has 0 radical (unpaired) electrons. The molecule has 0 aromatic carbocycles. The second kappa shape index (κ2) is 4.05. The summed E-state index contributed by atoms with van der Waals surface area (Å²) in [5, 5.41) is 8.47. The van der Waals surface area contributed by atoms with Crippen LogP contribution in [0.1, 0.15) is 20.3 Å². The zero-order chi connectivity index (χ0) is 10.0. The van der Waals surface area contributed by atoms with E-state index in [1.807, 2.05) is 13.8 Å². The molecule has 0 aliphatic carbocycles. The summed E-state index contributed by atoms with van der Waals surface area (Å²) in [5.41, 5.74) is 0. The van der Waals surface area contributed by atoms with Gasteiger partial charge in [0.2, 0.25) is 6.17 Å². The first kappa shape index (κ1) is 10.4. The van der Waals surface area contributed by atoms with Crippen molar-refractivity contribution in [2.24, 2.45) is 5.92 Å². The van der Waals surface area contributed by atoms with Crippen molar-refractivity contribution >= 4 is 5.97 Å². The third-order valence-electron chi connectivity index (χ3n) is 2.64. The van der Waals surface area contributed by atoms with E-state index in [0.717, 1.165) is 6.54 Å². The average Bonchev–Trinajstić information content (AvgIpc) is 2.50. The second-order valence-corrected chi connectivity index (χ2v) is 3.88. The van der Waals surface area contributed by atoms with Gasteiger partial charge in [-0.05, 0) is 26.8 Å². The third kappa shape index (κ3) is 2.40. The fraction of sp³-hybridized carbons (Fsp3) is 0.889. The maximum atomic E-state index is 13.0. The Bertz CT molecular complexity index is 196. The molecule has 2 atom stereocenters. The summed E-state index contributed by atoms with van der Waals surface area (Å²) >= 11 is 0. The van der Waals surface area contributed by atoms with Crippen molar-refractivity contribution < 1.29 is 14.3 Å². The summed E-state index contributed by atoms with van der Waals surface area (Å²) in [6, 6.07) is 0.381. The van der Waals surface area contributed by atoms with Crippen LogP contribution in [-0.4, -0.2) is 41.3 Å². The Morgan fingerprint density at radius 1 is 1.62 bits per heavy atom. The molecule has 1 aliphatic rings. The Morgan fingerprint density at radius 2 is 2.23 bits per heavy atom. The van der Waals surface area contributed by atoms with Crippen molar-refractivity contribution in [3.05, 3.63) is 0 Å². The Balaban J connectivity index is 2.45. The van der Waals surface area contributed by atoms with Crippen molar-refractivity contribution in [1.82, 2.24) is 4.90 Å². The monoisotopic (exact) mass is 189 g/mol. The number of carboxylic acid groups (broad SMARTS) is 1. The molecule has 0 aromatic heterocycles. The molecule has 4 heteroatoms. The van der Waals surface area contributed by atoms with Crippen molar-refractivity contribution in [3.63, 3.8) is 0 Å². The van der Waals surface area contributed by atoms with E-state index in [1.54, 1.807) is 0 Å². The molecule has 0 saturated carbocycles. The summed E-state index contributed by atoms with van der Waals surface area (Å²) in [5.74, 6) is -1.64. The van der Waals surface area contributed by atoms with Crippen LogP contribution < -0.4 is 0 Å². The van der Waals surface area contributed by atoms with Crippen molar-refractivity contribution in [3.8, 4) is 0 Å². The zero-order valence-electron chi connectivity index (χ0n) is 8.03. The quantitative estimate of drug-likeness (QED) is 0.723. The summed E-state index contributed by atoms with van der Waals surface area (Å²) in [6.45, 7) is 5.47. The molecule has 13 heavy (non-hydrogen) atoms. The minimum atomic E-state index is -1.69. The van der Waals surface area contributed by atoms with Gasteiger partial charge in [-0.25, -0.2) is 9.18 Å². The van der Waals surface area contributed by atoms with Gasteiger partial charge in [0.1, 0.15) is 0 Å². The highest BCUT2D eigenvalue weighted by Gasteiger charge is 2.34. The number of likely N-dealkylation sites (tertiary alicyclic amines) is 1.